The molecule has 0 aromatic heterocycles. The van der Waals surface area contributed by atoms with Crippen molar-refractivity contribution in [2.75, 3.05) is 10.6 Å². The molecule has 2 aromatic carbocycles. The molecule has 1 aliphatic rings. The zero-order valence-electron chi connectivity index (χ0n) is 14.8. The molecule has 1 saturated heterocycles. The Morgan fingerprint density at radius 3 is 2.19 bits per heavy atom. The van der Waals surface area contributed by atoms with Crippen LogP contribution in [0.1, 0.15) is 24.2 Å². The van der Waals surface area contributed by atoms with Crippen LogP contribution in [0.5, 0.6) is 0 Å². The van der Waals surface area contributed by atoms with E-state index >= 15 is 0 Å². The first-order valence-electron chi connectivity index (χ1n) is 8.24. The Balaban J connectivity index is 1.79. The van der Waals surface area contributed by atoms with Gasteiger partial charge < -0.3 is 20.1 Å². The lowest BCUT2D eigenvalue weighted by Crippen LogP contribution is -2.42. The number of anilines is 2. The summed E-state index contributed by atoms with van der Waals surface area (Å²) >= 11 is 0. The molecule has 3 rings (SSSR count). The monoisotopic (exact) mass is 366 g/mol. The number of esters is 2. The molecular weight excluding hydrogens is 348 g/mol. The van der Waals surface area contributed by atoms with Gasteiger partial charge in [0.15, 0.2) is 5.57 Å². The van der Waals surface area contributed by atoms with E-state index in [4.69, 9.17) is 9.47 Å². The van der Waals surface area contributed by atoms with Crippen LogP contribution in [0.3, 0.4) is 0 Å². The van der Waals surface area contributed by atoms with E-state index in [1.807, 2.05) is 18.2 Å². The molecule has 0 saturated carbocycles. The Labute approximate surface area is 156 Å². The molecule has 7 nitrogen and oxygen atoms in total. The molecule has 27 heavy (non-hydrogen) atoms. The van der Waals surface area contributed by atoms with Gasteiger partial charge in [0, 0.05) is 25.7 Å². The van der Waals surface area contributed by atoms with Gasteiger partial charge in [0.1, 0.15) is 0 Å². The number of nitrogens with one attached hydrogen (secondary N) is 2. The average Bonchev–Trinajstić information content (AvgIpc) is 2.61. The third-order valence-corrected chi connectivity index (χ3v) is 3.69. The summed E-state index contributed by atoms with van der Waals surface area (Å²) in [6, 6.07) is 15.7. The summed E-state index contributed by atoms with van der Waals surface area (Å²) < 4.78 is 10.1. The second-order valence-corrected chi connectivity index (χ2v) is 6.25. The first-order chi connectivity index (χ1) is 12.9. The average molecular weight is 366 g/mol. The van der Waals surface area contributed by atoms with Crippen LogP contribution in [0, 0.1) is 0 Å². The molecule has 0 bridgehead atoms. The van der Waals surface area contributed by atoms with Gasteiger partial charge in [-0.15, -0.1) is 0 Å². The van der Waals surface area contributed by atoms with E-state index in [2.05, 4.69) is 10.6 Å². The summed E-state index contributed by atoms with van der Waals surface area (Å²) in [5.41, 5.74) is 1.13. The van der Waals surface area contributed by atoms with Crippen LogP contribution >= 0.6 is 0 Å². The number of ether oxygens (including phenoxy) is 2. The maximum Gasteiger partial charge on any atom is 0.350 e. The quantitative estimate of drug-likeness (QED) is 0.491. The van der Waals surface area contributed by atoms with Crippen LogP contribution in [0.2, 0.25) is 0 Å². The van der Waals surface area contributed by atoms with Gasteiger partial charge in [-0.25, -0.2) is 9.59 Å². The highest BCUT2D eigenvalue weighted by Gasteiger charge is 2.39. The molecule has 7 heteroatoms. The number of hydrogen-bond acceptors (Lipinski definition) is 6. The number of rotatable bonds is 4. The molecule has 138 valence electrons. The van der Waals surface area contributed by atoms with Crippen molar-refractivity contribution >= 4 is 29.2 Å². The van der Waals surface area contributed by atoms with Crippen molar-refractivity contribution in [3.63, 3.8) is 0 Å². The van der Waals surface area contributed by atoms with Crippen molar-refractivity contribution in [3.8, 4) is 0 Å². The number of hydrogen-bond donors (Lipinski definition) is 2. The molecule has 0 atom stereocenters. The Kier molecular flexibility index (Phi) is 4.94. The zero-order valence-corrected chi connectivity index (χ0v) is 14.8. The molecule has 1 amide bonds. The molecule has 0 unspecified atom stereocenters. The highest BCUT2D eigenvalue weighted by Crippen LogP contribution is 2.23. The lowest BCUT2D eigenvalue weighted by Gasteiger charge is -2.29. The summed E-state index contributed by atoms with van der Waals surface area (Å²) in [6.45, 7) is 2.94. The topological polar surface area (TPSA) is 93.7 Å². The minimum absolute atomic E-state index is 0.285. The largest absolute Gasteiger partial charge is 0.419 e. The second-order valence-electron chi connectivity index (χ2n) is 6.25. The predicted molar refractivity (Wildman–Crippen MR) is 98.8 cm³/mol. The van der Waals surface area contributed by atoms with Gasteiger partial charge in [-0.1, -0.05) is 30.3 Å². The summed E-state index contributed by atoms with van der Waals surface area (Å²) in [6.07, 6.45) is 1.18. The molecule has 1 fully saturated rings. The SMILES string of the molecule is CC1(C)OC(=O)C(=CNc2ccccc2C(=O)Nc2ccccc2)C(=O)O1. The van der Waals surface area contributed by atoms with Gasteiger partial charge in [-0.2, -0.15) is 0 Å². The molecule has 0 spiro atoms. The van der Waals surface area contributed by atoms with E-state index in [0.29, 0.717) is 16.9 Å². The van der Waals surface area contributed by atoms with E-state index in [0.717, 1.165) is 0 Å². The van der Waals surface area contributed by atoms with Crippen LogP contribution in [-0.4, -0.2) is 23.6 Å². The summed E-state index contributed by atoms with van der Waals surface area (Å²) in [5.74, 6) is -3.23. The maximum atomic E-state index is 12.5. The van der Waals surface area contributed by atoms with Crippen LogP contribution < -0.4 is 10.6 Å². The molecule has 0 aliphatic carbocycles. The second kappa shape index (κ2) is 7.33. The van der Waals surface area contributed by atoms with Crippen molar-refractivity contribution in [1.29, 1.82) is 0 Å². The molecule has 0 radical (unpaired) electrons. The first-order valence-corrected chi connectivity index (χ1v) is 8.24. The fraction of sp³-hybridized carbons (Fsp3) is 0.150. The molecule has 1 aliphatic heterocycles. The van der Waals surface area contributed by atoms with E-state index in [1.54, 1.807) is 36.4 Å². The number of para-hydroxylation sites is 2. The van der Waals surface area contributed by atoms with Crippen molar-refractivity contribution in [2.24, 2.45) is 0 Å². The van der Waals surface area contributed by atoms with E-state index < -0.39 is 17.7 Å². The third-order valence-electron chi connectivity index (χ3n) is 3.69. The number of cyclic esters (lactones) is 2. The van der Waals surface area contributed by atoms with Gasteiger partial charge in [0.2, 0.25) is 0 Å². The fourth-order valence-electron chi connectivity index (χ4n) is 2.46. The van der Waals surface area contributed by atoms with Gasteiger partial charge in [0.25, 0.3) is 11.7 Å². The van der Waals surface area contributed by atoms with E-state index in [1.165, 1.54) is 20.0 Å². The van der Waals surface area contributed by atoms with Crippen molar-refractivity contribution in [2.45, 2.75) is 19.6 Å². The smallest absolute Gasteiger partial charge is 0.350 e. The fourth-order valence-corrected chi connectivity index (χ4v) is 2.46. The third kappa shape index (κ3) is 4.33. The Hall–Kier alpha value is -3.61. The van der Waals surface area contributed by atoms with Crippen molar-refractivity contribution in [3.05, 3.63) is 71.9 Å². The highest BCUT2D eigenvalue weighted by atomic mass is 16.7. The van der Waals surface area contributed by atoms with Gasteiger partial charge in [-0.05, 0) is 24.3 Å². The van der Waals surface area contributed by atoms with Crippen molar-refractivity contribution < 1.29 is 23.9 Å². The van der Waals surface area contributed by atoms with Crippen molar-refractivity contribution in [1.82, 2.24) is 0 Å². The lowest BCUT2D eigenvalue weighted by atomic mass is 10.1. The summed E-state index contributed by atoms with van der Waals surface area (Å²) in [7, 11) is 0. The van der Waals surface area contributed by atoms with Gasteiger partial charge in [-0.3, -0.25) is 4.79 Å². The zero-order chi connectivity index (χ0) is 19.4. The molecule has 2 aromatic rings. The number of benzene rings is 2. The molecule has 1 heterocycles. The van der Waals surface area contributed by atoms with E-state index in [-0.39, 0.29) is 11.5 Å². The predicted octanol–water partition coefficient (Wildman–Crippen LogP) is 3.07. The standard InChI is InChI=1S/C20H18N2O5/c1-20(2)26-18(24)15(19(25)27-20)12-21-16-11-7-6-10-14(16)17(23)22-13-8-4-3-5-9-13/h3-12,21H,1-2H3,(H,22,23). The number of carbonyl (C=O) groups is 3. The van der Waals surface area contributed by atoms with E-state index in [9.17, 15) is 14.4 Å². The summed E-state index contributed by atoms with van der Waals surface area (Å²) in [5, 5.41) is 5.60. The number of carbonyl (C=O) groups excluding carboxylic acids is 3. The Morgan fingerprint density at radius 1 is 0.926 bits per heavy atom. The number of amides is 1. The van der Waals surface area contributed by atoms with Crippen LogP contribution in [0.4, 0.5) is 11.4 Å². The highest BCUT2D eigenvalue weighted by molar-refractivity contribution is 6.15. The van der Waals surface area contributed by atoms with Crippen LogP contribution in [-0.2, 0) is 19.1 Å². The minimum Gasteiger partial charge on any atom is -0.419 e. The summed E-state index contributed by atoms with van der Waals surface area (Å²) in [4.78, 5) is 36.5. The maximum absolute atomic E-state index is 12.5. The minimum atomic E-state index is -1.31. The molecule has 2 N–H and O–H groups in total. The van der Waals surface area contributed by atoms with Crippen LogP contribution in [0.25, 0.3) is 0 Å². The Bertz CT molecular complexity index is 897. The van der Waals surface area contributed by atoms with Crippen LogP contribution in [0.15, 0.2) is 66.4 Å². The Morgan fingerprint density at radius 2 is 1.52 bits per heavy atom. The normalized spacial score (nSPS) is 15.4. The lowest BCUT2D eigenvalue weighted by molar-refractivity contribution is -0.222. The molecular formula is C20H18N2O5. The van der Waals surface area contributed by atoms with Gasteiger partial charge in [0.05, 0.1) is 11.3 Å². The van der Waals surface area contributed by atoms with Gasteiger partial charge >= 0.3 is 11.9 Å². The first kappa shape index (κ1) is 18.2.